The monoisotopic (exact) mass is 210 g/mol. The summed E-state index contributed by atoms with van der Waals surface area (Å²) >= 11 is 3.37. The van der Waals surface area contributed by atoms with Gasteiger partial charge >= 0.3 is 0 Å². The number of nitrogens with one attached hydrogen (secondary N) is 1. The van der Waals surface area contributed by atoms with E-state index in [4.69, 9.17) is 0 Å². The maximum absolute atomic E-state index is 4.21. The van der Waals surface area contributed by atoms with Gasteiger partial charge in [0.15, 0.2) is 0 Å². The Kier molecular flexibility index (Phi) is 1.66. The summed E-state index contributed by atoms with van der Waals surface area (Å²) in [7, 11) is 0. The summed E-state index contributed by atoms with van der Waals surface area (Å²) in [5, 5.41) is 3.17. The molecule has 3 heteroatoms. The van der Waals surface area contributed by atoms with Crippen LogP contribution in [0.3, 0.4) is 0 Å². The summed E-state index contributed by atoms with van der Waals surface area (Å²) < 4.78 is 1.02. The largest absolute Gasteiger partial charge is 0.366 e. The Hall–Kier alpha value is -0.830. The fraction of sp³-hybridized carbons (Fsp3) is 0.125. The molecule has 0 aromatic carbocycles. The van der Waals surface area contributed by atoms with Crippen LogP contribution >= 0.6 is 15.9 Å². The summed E-state index contributed by atoms with van der Waals surface area (Å²) in [6.45, 7) is 0.877. The van der Waals surface area contributed by atoms with Crippen molar-refractivity contribution in [2.45, 2.75) is 0 Å². The summed E-state index contributed by atoms with van der Waals surface area (Å²) in [6, 6.07) is 2.05. The molecule has 0 bridgehead atoms. The van der Waals surface area contributed by atoms with E-state index in [9.17, 15) is 0 Å². The number of halogens is 1. The SMILES string of the molecule is Brc1cnc2c(c1)C=CCN2. The summed E-state index contributed by atoms with van der Waals surface area (Å²) in [5.41, 5.74) is 1.14. The zero-order valence-electron chi connectivity index (χ0n) is 5.84. The first-order valence-electron chi connectivity index (χ1n) is 3.42. The molecule has 0 aliphatic carbocycles. The van der Waals surface area contributed by atoms with Crippen LogP contribution in [0.15, 0.2) is 22.8 Å². The Labute approximate surface area is 73.5 Å². The van der Waals surface area contributed by atoms with Gasteiger partial charge in [-0.2, -0.15) is 0 Å². The molecule has 1 aliphatic heterocycles. The first-order valence-corrected chi connectivity index (χ1v) is 4.21. The molecule has 2 nitrogen and oxygen atoms in total. The topological polar surface area (TPSA) is 24.9 Å². The number of rotatable bonds is 0. The maximum atomic E-state index is 4.21. The third-order valence-corrected chi connectivity index (χ3v) is 2.00. The number of nitrogens with zero attached hydrogens (tertiary/aromatic N) is 1. The summed E-state index contributed by atoms with van der Waals surface area (Å²) in [6.07, 6.45) is 5.95. The molecule has 0 atom stereocenters. The number of anilines is 1. The molecule has 0 fully saturated rings. The number of fused-ring (bicyclic) bond motifs is 1. The van der Waals surface area contributed by atoms with Gasteiger partial charge in [0.05, 0.1) is 0 Å². The van der Waals surface area contributed by atoms with Crippen LogP contribution in [0.5, 0.6) is 0 Å². The average Bonchev–Trinajstić information content (AvgIpc) is 2.04. The number of pyridine rings is 1. The fourth-order valence-corrected chi connectivity index (χ4v) is 1.42. The molecule has 1 N–H and O–H groups in total. The lowest BCUT2D eigenvalue weighted by Crippen LogP contribution is -2.05. The molecule has 1 aliphatic rings. The second kappa shape index (κ2) is 2.66. The molecule has 0 amide bonds. The summed E-state index contributed by atoms with van der Waals surface area (Å²) in [5.74, 6) is 0.968. The maximum Gasteiger partial charge on any atom is 0.133 e. The Morgan fingerprint density at radius 1 is 1.55 bits per heavy atom. The lowest BCUT2D eigenvalue weighted by molar-refractivity contribution is 1.20. The molecular weight excluding hydrogens is 204 g/mol. The minimum absolute atomic E-state index is 0.877. The Morgan fingerprint density at radius 3 is 3.36 bits per heavy atom. The predicted molar refractivity (Wildman–Crippen MR) is 49.5 cm³/mol. The van der Waals surface area contributed by atoms with Crippen LogP contribution in [0, 0.1) is 0 Å². The number of hydrogen-bond acceptors (Lipinski definition) is 2. The van der Waals surface area contributed by atoms with Gasteiger partial charge in [0.2, 0.25) is 0 Å². The van der Waals surface area contributed by atoms with Crippen LogP contribution < -0.4 is 5.32 Å². The second-order valence-electron chi connectivity index (χ2n) is 2.37. The van der Waals surface area contributed by atoms with Gasteiger partial charge in [-0.05, 0) is 22.0 Å². The van der Waals surface area contributed by atoms with Crippen LogP contribution in [0.1, 0.15) is 5.56 Å². The van der Waals surface area contributed by atoms with Gasteiger partial charge in [0.1, 0.15) is 5.82 Å². The lowest BCUT2D eigenvalue weighted by Gasteiger charge is -2.10. The quantitative estimate of drug-likeness (QED) is 0.711. The Balaban J connectivity index is 2.54. The van der Waals surface area contributed by atoms with E-state index in [2.05, 4.69) is 38.4 Å². The van der Waals surface area contributed by atoms with Crippen LogP contribution in [0.4, 0.5) is 5.82 Å². The Morgan fingerprint density at radius 2 is 2.45 bits per heavy atom. The van der Waals surface area contributed by atoms with Gasteiger partial charge < -0.3 is 5.32 Å². The highest BCUT2D eigenvalue weighted by molar-refractivity contribution is 9.10. The van der Waals surface area contributed by atoms with Crippen LogP contribution in [0.2, 0.25) is 0 Å². The van der Waals surface area contributed by atoms with Crippen molar-refractivity contribution in [3.63, 3.8) is 0 Å². The molecule has 0 saturated heterocycles. The van der Waals surface area contributed by atoms with Crippen molar-refractivity contribution >= 4 is 27.8 Å². The van der Waals surface area contributed by atoms with Gasteiger partial charge in [-0.3, -0.25) is 0 Å². The highest BCUT2D eigenvalue weighted by Gasteiger charge is 2.03. The van der Waals surface area contributed by atoms with Crippen molar-refractivity contribution in [3.05, 3.63) is 28.4 Å². The van der Waals surface area contributed by atoms with Gasteiger partial charge in [0, 0.05) is 22.8 Å². The molecule has 2 rings (SSSR count). The molecule has 0 spiro atoms. The zero-order valence-corrected chi connectivity index (χ0v) is 7.43. The average molecular weight is 211 g/mol. The predicted octanol–water partition coefficient (Wildman–Crippen LogP) is 2.28. The van der Waals surface area contributed by atoms with Crippen molar-refractivity contribution in [3.8, 4) is 0 Å². The molecule has 2 heterocycles. The number of aromatic nitrogens is 1. The van der Waals surface area contributed by atoms with E-state index in [-0.39, 0.29) is 0 Å². The van der Waals surface area contributed by atoms with E-state index < -0.39 is 0 Å². The molecule has 0 saturated carbocycles. The lowest BCUT2D eigenvalue weighted by atomic mass is 10.2. The van der Waals surface area contributed by atoms with E-state index in [0.29, 0.717) is 0 Å². The van der Waals surface area contributed by atoms with E-state index in [0.717, 1.165) is 22.4 Å². The number of hydrogen-bond donors (Lipinski definition) is 1. The van der Waals surface area contributed by atoms with Crippen molar-refractivity contribution in [2.24, 2.45) is 0 Å². The fourth-order valence-electron chi connectivity index (χ4n) is 1.07. The molecule has 11 heavy (non-hydrogen) atoms. The van der Waals surface area contributed by atoms with Crippen LogP contribution in [-0.2, 0) is 0 Å². The normalized spacial score (nSPS) is 13.9. The standard InChI is InChI=1S/C8H7BrN2/c9-7-4-6-2-1-3-10-8(6)11-5-7/h1-2,4-5H,3H2,(H,10,11). The van der Waals surface area contributed by atoms with Gasteiger partial charge in [-0.15, -0.1) is 0 Å². The van der Waals surface area contributed by atoms with Gasteiger partial charge in [0.25, 0.3) is 0 Å². The van der Waals surface area contributed by atoms with Crippen molar-refractivity contribution < 1.29 is 0 Å². The third kappa shape index (κ3) is 1.28. The van der Waals surface area contributed by atoms with Gasteiger partial charge in [-0.1, -0.05) is 12.2 Å². The van der Waals surface area contributed by atoms with E-state index in [1.807, 2.05) is 6.07 Å². The highest BCUT2D eigenvalue weighted by atomic mass is 79.9. The van der Waals surface area contributed by atoms with E-state index >= 15 is 0 Å². The minimum Gasteiger partial charge on any atom is -0.366 e. The minimum atomic E-state index is 0.877. The van der Waals surface area contributed by atoms with E-state index in [1.165, 1.54) is 0 Å². The van der Waals surface area contributed by atoms with Crippen molar-refractivity contribution in [1.82, 2.24) is 4.98 Å². The molecule has 1 aromatic heterocycles. The molecule has 1 aromatic rings. The summed E-state index contributed by atoms with van der Waals surface area (Å²) in [4.78, 5) is 4.21. The molecular formula is C8H7BrN2. The Bertz CT molecular complexity index is 307. The van der Waals surface area contributed by atoms with Gasteiger partial charge in [-0.25, -0.2) is 4.98 Å². The van der Waals surface area contributed by atoms with Crippen molar-refractivity contribution in [1.29, 1.82) is 0 Å². The van der Waals surface area contributed by atoms with Crippen LogP contribution in [0.25, 0.3) is 6.08 Å². The first kappa shape index (κ1) is 6.85. The third-order valence-electron chi connectivity index (χ3n) is 1.57. The molecule has 0 radical (unpaired) electrons. The zero-order chi connectivity index (χ0) is 7.68. The van der Waals surface area contributed by atoms with Crippen LogP contribution in [-0.4, -0.2) is 11.5 Å². The second-order valence-corrected chi connectivity index (χ2v) is 3.29. The van der Waals surface area contributed by atoms with E-state index in [1.54, 1.807) is 6.20 Å². The first-order chi connectivity index (χ1) is 5.36. The smallest absolute Gasteiger partial charge is 0.133 e. The molecule has 0 unspecified atom stereocenters. The molecule has 56 valence electrons. The highest BCUT2D eigenvalue weighted by Crippen LogP contribution is 2.21. The van der Waals surface area contributed by atoms with Crippen molar-refractivity contribution in [2.75, 3.05) is 11.9 Å².